The van der Waals surface area contributed by atoms with Gasteiger partial charge in [0.25, 0.3) is 0 Å². The van der Waals surface area contributed by atoms with Crippen molar-refractivity contribution in [2.45, 2.75) is 6.92 Å². The fourth-order valence-corrected chi connectivity index (χ4v) is 0.358. The van der Waals surface area contributed by atoms with Crippen molar-refractivity contribution >= 4 is 23.8 Å². The summed E-state index contributed by atoms with van der Waals surface area (Å²) in [6.07, 6.45) is 1.33. The molecule has 8 nitrogen and oxygen atoms in total. The SMILES string of the molecule is CC(/C=N/NC(=N)N)=N/N=C(N)N. The van der Waals surface area contributed by atoms with Gasteiger partial charge in [-0.25, -0.2) is 5.43 Å². The topological polar surface area (TPSA) is 151 Å². The molecule has 0 aromatic heterocycles. The lowest BCUT2D eigenvalue weighted by Crippen LogP contribution is -2.25. The van der Waals surface area contributed by atoms with Gasteiger partial charge in [0.2, 0.25) is 11.9 Å². The Balaban J connectivity index is 4.06. The van der Waals surface area contributed by atoms with Crippen molar-refractivity contribution in [2.24, 2.45) is 32.5 Å². The van der Waals surface area contributed by atoms with E-state index in [0.717, 1.165) is 0 Å². The van der Waals surface area contributed by atoms with Crippen LogP contribution in [0.2, 0.25) is 0 Å². The molecule has 72 valence electrons. The minimum Gasteiger partial charge on any atom is -0.369 e. The molecule has 0 bridgehead atoms. The molecule has 0 radical (unpaired) electrons. The molecule has 0 amide bonds. The van der Waals surface area contributed by atoms with E-state index in [1.165, 1.54) is 6.21 Å². The molecule has 0 spiro atoms. The maximum absolute atomic E-state index is 6.75. The first kappa shape index (κ1) is 10.9. The van der Waals surface area contributed by atoms with Gasteiger partial charge in [-0.2, -0.15) is 10.2 Å². The van der Waals surface area contributed by atoms with Crippen LogP contribution in [0.3, 0.4) is 0 Å². The van der Waals surface area contributed by atoms with Gasteiger partial charge in [-0.05, 0) is 6.92 Å². The molecule has 0 saturated heterocycles. The number of hydrogen-bond donors (Lipinski definition) is 5. The van der Waals surface area contributed by atoms with E-state index in [2.05, 4.69) is 20.7 Å². The molecular formula is C5H12N8. The van der Waals surface area contributed by atoms with Crippen LogP contribution in [0.15, 0.2) is 15.3 Å². The van der Waals surface area contributed by atoms with E-state index in [-0.39, 0.29) is 11.9 Å². The first-order valence-electron chi connectivity index (χ1n) is 3.28. The molecule has 0 fully saturated rings. The van der Waals surface area contributed by atoms with Crippen molar-refractivity contribution in [3.63, 3.8) is 0 Å². The number of rotatable bonds is 3. The second-order valence-corrected chi connectivity index (χ2v) is 2.05. The predicted molar refractivity (Wildman–Crippen MR) is 52.5 cm³/mol. The highest BCUT2D eigenvalue weighted by atomic mass is 15.3. The average Bonchev–Trinajstić information content (AvgIpc) is 2.00. The van der Waals surface area contributed by atoms with Crippen molar-refractivity contribution in [3.8, 4) is 0 Å². The Morgan fingerprint density at radius 3 is 2.38 bits per heavy atom. The van der Waals surface area contributed by atoms with Gasteiger partial charge in [-0.1, -0.05) is 0 Å². The van der Waals surface area contributed by atoms with Gasteiger partial charge < -0.3 is 17.2 Å². The summed E-state index contributed by atoms with van der Waals surface area (Å²) < 4.78 is 0. The van der Waals surface area contributed by atoms with Crippen molar-refractivity contribution < 1.29 is 0 Å². The maximum atomic E-state index is 6.75. The highest BCUT2D eigenvalue weighted by Gasteiger charge is 1.84. The van der Waals surface area contributed by atoms with Crippen molar-refractivity contribution in [2.75, 3.05) is 0 Å². The second kappa shape index (κ2) is 5.52. The second-order valence-electron chi connectivity index (χ2n) is 2.05. The molecule has 0 rings (SSSR count). The fourth-order valence-electron chi connectivity index (χ4n) is 0.358. The molecule has 13 heavy (non-hydrogen) atoms. The van der Waals surface area contributed by atoms with Crippen LogP contribution in [0, 0.1) is 5.41 Å². The Labute approximate surface area is 75.1 Å². The van der Waals surface area contributed by atoms with E-state index >= 15 is 0 Å². The number of guanidine groups is 2. The van der Waals surface area contributed by atoms with Crippen molar-refractivity contribution in [1.29, 1.82) is 5.41 Å². The van der Waals surface area contributed by atoms with Crippen LogP contribution < -0.4 is 22.6 Å². The molecule has 0 aliphatic heterocycles. The van der Waals surface area contributed by atoms with E-state index in [1.807, 2.05) is 0 Å². The molecule has 8 N–H and O–H groups in total. The summed E-state index contributed by atoms with van der Waals surface area (Å²) >= 11 is 0. The highest BCUT2D eigenvalue weighted by Crippen LogP contribution is 1.74. The number of nitrogens with zero attached hydrogens (tertiary/aromatic N) is 3. The fraction of sp³-hybridized carbons (Fsp3) is 0.200. The molecule has 0 saturated carbocycles. The molecule has 0 aliphatic rings. The molecule has 0 aromatic carbocycles. The van der Waals surface area contributed by atoms with E-state index < -0.39 is 0 Å². The van der Waals surface area contributed by atoms with E-state index in [1.54, 1.807) is 6.92 Å². The van der Waals surface area contributed by atoms with Gasteiger partial charge in [-0.15, -0.1) is 5.10 Å². The van der Waals surface area contributed by atoms with Crippen LogP contribution in [0.1, 0.15) is 6.92 Å². The summed E-state index contributed by atoms with van der Waals surface area (Å²) in [7, 11) is 0. The van der Waals surface area contributed by atoms with Gasteiger partial charge in [0.1, 0.15) is 0 Å². The third kappa shape index (κ3) is 7.78. The summed E-state index contributed by atoms with van der Waals surface area (Å²) in [5.74, 6) is -0.391. The normalized spacial score (nSPS) is 11.3. The van der Waals surface area contributed by atoms with E-state index in [4.69, 9.17) is 22.6 Å². The van der Waals surface area contributed by atoms with Gasteiger partial charge in [-0.3, -0.25) is 5.41 Å². The molecular weight excluding hydrogens is 172 g/mol. The van der Waals surface area contributed by atoms with Gasteiger partial charge in [0.15, 0.2) is 0 Å². The minimum atomic E-state index is -0.258. The maximum Gasteiger partial charge on any atom is 0.211 e. The van der Waals surface area contributed by atoms with Crippen LogP contribution in [-0.2, 0) is 0 Å². The quantitative estimate of drug-likeness (QED) is 0.198. The zero-order chi connectivity index (χ0) is 10.3. The Bertz CT molecular complexity index is 258. The molecule has 0 heterocycles. The lowest BCUT2D eigenvalue weighted by molar-refractivity contribution is 1.00. The van der Waals surface area contributed by atoms with Crippen LogP contribution in [0.5, 0.6) is 0 Å². The Morgan fingerprint density at radius 2 is 1.92 bits per heavy atom. The van der Waals surface area contributed by atoms with Crippen molar-refractivity contribution in [1.82, 2.24) is 5.43 Å². The zero-order valence-corrected chi connectivity index (χ0v) is 7.15. The minimum absolute atomic E-state index is 0.132. The largest absolute Gasteiger partial charge is 0.369 e. The average molecular weight is 184 g/mol. The molecule has 0 unspecified atom stereocenters. The Morgan fingerprint density at radius 1 is 1.31 bits per heavy atom. The highest BCUT2D eigenvalue weighted by molar-refractivity contribution is 6.29. The lowest BCUT2D eigenvalue weighted by Gasteiger charge is -1.92. The van der Waals surface area contributed by atoms with Gasteiger partial charge in [0, 0.05) is 0 Å². The standard InChI is InChI=1S/C5H12N8/c1-3(11-13-5(8)9)2-10-12-4(6)7/h2H,1H3,(H4,6,7,12)(H4,8,9,13)/b10-2+,11-3-. The summed E-state index contributed by atoms with van der Waals surface area (Å²) in [6, 6.07) is 0. The number of hydrogen-bond acceptors (Lipinski definition) is 4. The number of nitrogens with one attached hydrogen (secondary N) is 2. The van der Waals surface area contributed by atoms with Crippen LogP contribution in [-0.4, -0.2) is 23.8 Å². The number of hydrazone groups is 1. The van der Waals surface area contributed by atoms with Gasteiger partial charge in [0.05, 0.1) is 11.9 Å². The first-order valence-corrected chi connectivity index (χ1v) is 3.28. The van der Waals surface area contributed by atoms with E-state index in [9.17, 15) is 0 Å². The van der Waals surface area contributed by atoms with Gasteiger partial charge >= 0.3 is 0 Å². The summed E-state index contributed by atoms with van der Waals surface area (Å²) in [6.45, 7) is 1.64. The third-order valence-corrected chi connectivity index (χ3v) is 0.760. The Kier molecular flexibility index (Phi) is 4.62. The third-order valence-electron chi connectivity index (χ3n) is 0.760. The summed E-state index contributed by atoms with van der Waals surface area (Å²) in [5, 5.41) is 17.2. The number of nitrogens with two attached hydrogens (primary N) is 3. The zero-order valence-electron chi connectivity index (χ0n) is 7.15. The molecule has 0 aromatic rings. The van der Waals surface area contributed by atoms with E-state index in [0.29, 0.717) is 5.71 Å². The smallest absolute Gasteiger partial charge is 0.211 e. The molecule has 8 heteroatoms. The molecule has 0 aliphatic carbocycles. The first-order chi connectivity index (χ1) is 6.02. The monoisotopic (exact) mass is 184 g/mol. The molecule has 0 atom stereocenters. The Hall–Kier alpha value is -2.12. The van der Waals surface area contributed by atoms with Crippen molar-refractivity contribution in [3.05, 3.63) is 0 Å². The summed E-state index contributed by atoms with van der Waals surface area (Å²) in [5.41, 5.74) is 17.7. The predicted octanol–water partition coefficient (Wildman–Crippen LogP) is -1.90. The van der Waals surface area contributed by atoms with Crippen LogP contribution in [0.4, 0.5) is 0 Å². The van der Waals surface area contributed by atoms with Crippen LogP contribution in [0.25, 0.3) is 0 Å². The van der Waals surface area contributed by atoms with Crippen LogP contribution >= 0.6 is 0 Å². The lowest BCUT2D eigenvalue weighted by atomic mass is 10.5. The summed E-state index contributed by atoms with van der Waals surface area (Å²) in [4.78, 5) is 0.